The predicted octanol–water partition coefficient (Wildman–Crippen LogP) is 2.86. The van der Waals surface area contributed by atoms with Crippen LogP contribution in [0.25, 0.3) is 0 Å². The first-order valence-electron chi connectivity index (χ1n) is 5.96. The molecule has 0 atom stereocenters. The third kappa shape index (κ3) is 4.16. The molecule has 1 aromatic carbocycles. The molecule has 0 unspecified atom stereocenters. The van der Waals surface area contributed by atoms with E-state index in [4.69, 9.17) is 4.42 Å². The Kier molecular flexibility index (Phi) is 4.78. The second kappa shape index (κ2) is 6.56. The SMILES string of the molecule is CC(C)NCc1nnc(CSc2ccccc2)o1. The van der Waals surface area contributed by atoms with Gasteiger partial charge < -0.3 is 9.73 Å². The summed E-state index contributed by atoms with van der Waals surface area (Å²) >= 11 is 1.69. The highest BCUT2D eigenvalue weighted by Crippen LogP contribution is 2.21. The van der Waals surface area contributed by atoms with Crippen LogP contribution in [0.1, 0.15) is 25.6 Å². The first-order valence-corrected chi connectivity index (χ1v) is 6.95. The zero-order chi connectivity index (χ0) is 12.8. The van der Waals surface area contributed by atoms with Crippen molar-refractivity contribution in [1.29, 1.82) is 0 Å². The monoisotopic (exact) mass is 263 g/mol. The Morgan fingerprint density at radius 3 is 2.61 bits per heavy atom. The lowest BCUT2D eigenvalue weighted by atomic mass is 10.4. The van der Waals surface area contributed by atoms with Crippen LogP contribution < -0.4 is 5.32 Å². The third-order valence-electron chi connectivity index (χ3n) is 2.28. The number of benzene rings is 1. The minimum Gasteiger partial charge on any atom is -0.423 e. The summed E-state index contributed by atoms with van der Waals surface area (Å²) in [7, 11) is 0. The van der Waals surface area contributed by atoms with Crippen LogP contribution in [0, 0.1) is 0 Å². The first-order chi connectivity index (χ1) is 8.74. The van der Waals surface area contributed by atoms with Crippen molar-refractivity contribution in [2.24, 2.45) is 0 Å². The fourth-order valence-corrected chi connectivity index (χ4v) is 2.13. The van der Waals surface area contributed by atoms with Crippen molar-refractivity contribution in [2.45, 2.75) is 37.1 Å². The van der Waals surface area contributed by atoms with E-state index in [1.165, 1.54) is 4.90 Å². The molecular formula is C13H17N3OS. The van der Waals surface area contributed by atoms with Crippen LogP contribution in [-0.2, 0) is 12.3 Å². The molecule has 0 amide bonds. The smallest absolute Gasteiger partial charge is 0.230 e. The average molecular weight is 263 g/mol. The van der Waals surface area contributed by atoms with Gasteiger partial charge in [-0.25, -0.2) is 0 Å². The van der Waals surface area contributed by atoms with Crippen molar-refractivity contribution in [3.05, 3.63) is 42.1 Å². The van der Waals surface area contributed by atoms with Crippen molar-refractivity contribution in [1.82, 2.24) is 15.5 Å². The van der Waals surface area contributed by atoms with Gasteiger partial charge in [0, 0.05) is 10.9 Å². The molecule has 4 nitrogen and oxygen atoms in total. The van der Waals surface area contributed by atoms with E-state index < -0.39 is 0 Å². The van der Waals surface area contributed by atoms with Crippen molar-refractivity contribution in [3.63, 3.8) is 0 Å². The normalized spacial score (nSPS) is 11.1. The average Bonchev–Trinajstić information content (AvgIpc) is 2.83. The fourth-order valence-electron chi connectivity index (χ4n) is 1.37. The summed E-state index contributed by atoms with van der Waals surface area (Å²) in [6.07, 6.45) is 0. The molecule has 0 radical (unpaired) electrons. The van der Waals surface area contributed by atoms with Gasteiger partial charge in [0.1, 0.15) is 0 Å². The third-order valence-corrected chi connectivity index (χ3v) is 3.27. The van der Waals surface area contributed by atoms with E-state index in [9.17, 15) is 0 Å². The number of hydrogen-bond acceptors (Lipinski definition) is 5. The highest BCUT2D eigenvalue weighted by molar-refractivity contribution is 7.98. The highest BCUT2D eigenvalue weighted by Gasteiger charge is 2.06. The Hall–Kier alpha value is -1.33. The van der Waals surface area contributed by atoms with Gasteiger partial charge in [-0.2, -0.15) is 0 Å². The van der Waals surface area contributed by atoms with Crippen LogP contribution in [-0.4, -0.2) is 16.2 Å². The molecule has 0 spiro atoms. The standard InChI is InChI=1S/C13H17N3OS/c1-10(2)14-8-12-15-16-13(17-12)9-18-11-6-4-3-5-7-11/h3-7,10,14H,8-9H2,1-2H3. The van der Waals surface area contributed by atoms with Crippen LogP contribution in [0.2, 0.25) is 0 Å². The van der Waals surface area contributed by atoms with Crippen LogP contribution in [0.5, 0.6) is 0 Å². The summed E-state index contributed by atoms with van der Waals surface area (Å²) in [4.78, 5) is 1.21. The maximum absolute atomic E-state index is 5.55. The molecule has 0 aliphatic heterocycles. The number of nitrogens with zero attached hydrogens (tertiary/aromatic N) is 2. The van der Waals surface area contributed by atoms with Crippen molar-refractivity contribution < 1.29 is 4.42 Å². The van der Waals surface area contributed by atoms with Gasteiger partial charge in [0.25, 0.3) is 0 Å². The molecule has 0 saturated heterocycles. The van der Waals surface area contributed by atoms with Gasteiger partial charge in [-0.05, 0) is 12.1 Å². The molecule has 2 rings (SSSR count). The number of thioether (sulfide) groups is 1. The lowest BCUT2D eigenvalue weighted by Gasteiger charge is -2.03. The molecule has 0 aliphatic carbocycles. The van der Waals surface area contributed by atoms with Gasteiger partial charge in [0.2, 0.25) is 11.8 Å². The lowest BCUT2D eigenvalue weighted by molar-refractivity contribution is 0.432. The molecule has 1 heterocycles. The van der Waals surface area contributed by atoms with E-state index >= 15 is 0 Å². The molecule has 18 heavy (non-hydrogen) atoms. The van der Waals surface area contributed by atoms with Crippen LogP contribution in [0.4, 0.5) is 0 Å². The van der Waals surface area contributed by atoms with E-state index in [0.717, 1.165) is 0 Å². The summed E-state index contributed by atoms with van der Waals surface area (Å²) in [5.41, 5.74) is 0. The molecule has 0 fully saturated rings. The van der Waals surface area contributed by atoms with Gasteiger partial charge in [0.05, 0.1) is 12.3 Å². The van der Waals surface area contributed by atoms with Crippen LogP contribution in [0.3, 0.4) is 0 Å². The summed E-state index contributed by atoms with van der Waals surface area (Å²) in [5.74, 6) is 2.02. The Morgan fingerprint density at radius 2 is 1.89 bits per heavy atom. The Bertz CT molecular complexity index is 470. The minimum absolute atomic E-state index is 0.416. The quantitative estimate of drug-likeness (QED) is 0.812. The second-order valence-corrected chi connectivity index (χ2v) is 5.28. The van der Waals surface area contributed by atoms with E-state index in [1.807, 2.05) is 18.2 Å². The molecule has 2 aromatic rings. The molecule has 0 aliphatic rings. The molecule has 1 aromatic heterocycles. The van der Waals surface area contributed by atoms with E-state index in [-0.39, 0.29) is 0 Å². The molecular weight excluding hydrogens is 246 g/mol. The number of hydrogen-bond donors (Lipinski definition) is 1. The Balaban J connectivity index is 1.83. The molecule has 0 bridgehead atoms. The van der Waals surface area contributed by atoms with E-state index in [0.29, 0.717) is 30.1 Å². The lowest BCUT2D eigenvalue weighted by Crippen LogP contribution is -2.21. The number of aromatic nitrogens is 2. The molecule has 0 saturated carbocycles. The predicted molar refractivity (Wildman–Crippen MR) is 72.3 cm³/mol. The van der Waals surface area contributed by atoms with Crippen molar-refractivity contribution in [3.8, 4) is 0 Å². The summed E-state index contributed by atoms with van der Waals surface area (Å²) in [5, 5.41) is 11.3. The summed E-state index contributed by atoms with van der Waals surface area (Å²) in [6, 6.07) is 10.6. The van der Waals surface area contributed by atoms with Gasteiger partial charge in [0.15, 0.2) is 0 Å². The maximum Gasteiger partial charge on any atom is 0.230 e. The second-order valence-electron chi connectivity index (χ2n) is 4.23. The van der Waals surface area contributed by atoms with E-state index in [1.54, 1.807) is 11.8 Å². The first kappa shape index (κ1) is 13.1. The van der Waals surface area contributed by atoms with Crippen molar-refractivity contribution in [2.75, 3.05) is 0 Å². The topological polar surface area (TPSA) is 51.0 Å². The fraction of sp³-hybridized carbons (Fsp3) is 0.385. The number of rotatable bonds is 6. The van der Waals surface area contributed by atoms with E-state index in [2.05, 4.69) is 41.5 Å². The zero-order valence-corrected chi connectivity index (χ0v) is 11.4. The van der Waals surface area contributed by atoms with Gasteiger partial charge in [-0.1, -0.05) is 32.0 Å². The van der Waals surface area contributed by atoms with Crippen molar-refractivity contribution >= 4 is 11.8 Å². The van der Waals surface area contributed by atoms with Gasteiger partial charge in [-0.3, -0.25) is 0 Å². The summed E-state index contributed by atoms with van der Waals surface area (Å²) < 4.78 is 5.55. The Morgan fingerprint density at radius 1 is 1.17 bits per heavy atom. The summed E-state index contributed by atoms with van der Waals surface area (Å²) in [6.45, 7) is 4.80. The maximum atomic E-state index is 5.55. The largest absolute Gasteiger partial charge is 0.423 e. The number of nitrogens with one attached hydrogen (secondary N) is 1. The molecule has 1 N–H and O–H groups in total. The van der Waals surface area contributed by atoms with Crippen LogP contribution >= 0.6 is 11.8 Å². The highest BCUT2D eigenvalue weighted by atomic mass is 32.2. The van der Waals surface area contributed by atoms with Gasteiger partial charge in [-0.15, -0.1) is 22.0 Å². The Labute approximate surface area is 111 Å². The van der Waals surface area contributed by atoms with Gasteiger partial charge >= 0.3 is 0 Å². The molecule has 5 heteroatoms. The van der Waals surface area contributed by atoms with Crippen LogP contribution in [0.15, 0.2) is 39.6 Å². The molecule has 96 valence electrons. The zero-order valence-electron chi connectivity index (χ0n) is 10.6. The minimum atomic E-state index is 0.416.